The maximum Gasteiger partial charge on any atom is 0.0106 e. The van der Waals surface area contributed by atoms with Gasteiger partial charge < -0.3 is 9.80 Å². The minimum Gasteiger partial charge on any atom is -0.306 e. The van der Waals surface area contributed by atoms with E-state index >= 15 is 0 Å². The Kier molecular flexibility index (Phi) is 4.48. The van der Waals surface area contributed by atoms with Crippen molar-refractivity contribution in [3.05, 3.63) is 0 Å². The first-order valence-electron chi connectivity index (χ1n) is 7.62. The van der Waals surface area contributed by atoms with E-state index < -0.39 is 0 Å². The van der Waals surface area contributed by atoms with Crippen LogP contribution in [0.2, 0.25) is 0 Å². The summed E-state index contributed by atoms with van der Waals surface area (Å²) in [6.07, 6.45) is 8.50. The third kappa shape index (κ3) is 3.03. The van der Waals surface area contributed by atoms with E-state index in [0.717, 1.165) is 11.5 Å². The molecule has 2 fully saturated rings. The average Bonchev–Trinajstić information content (AvgIpc) is 2.27. The highest BCUT2D eigenvalue weighted by Gasteiger charge is 2.46. The Labute approximate surface area is 107 Å². The predicted molar refractivity (Wildman–Crippen MR) is 74.3 cm³/mol. The zero-order chi connectivity index (χ0) is 12.3. The summed E-state index contributed by atoms with van der Waals surface area (Å²) in [5.41, 5.74) is 0.747. The van der Waals surface area contributed by atoms with Crippen molar-refractivity contribution in [1.82, 2.24) is 9.80 Å². The fraction of sp³-hybridized carbons (Fsp3) is 1.00. The van der Waals surface area contributed by atoms with Gasteiger partial charge in [0.1, 0.15) is 0 Å². The molecule has 0 aromatic rings. The van der Waals surface area contributed by atoms with Gasteiger partial charge in [0.05, 0.1) is 0 Å². The summed E-state index contributed by atoms with van der Waals surface area (Å²) in [6.45, 7) is 9.91. The molecule has 0 radical (unpaired) electrons. The maximum absolute atomic E-state index is 2.75. The summed E-state index contributed by atoms with van der Waals surface area (Å²) in [6, 6.07) is 0.915. The summed E-state index contributed by atoms with van der Waals surface area (Å²) in [5, 5.41) is 0. The second kappa shape index (κ2) is 5.71. The molecule has 1 spiro atoms. The third-order valence-corrected chi connectivity index (χ3v) is 4.92. The van der Waals surface area contributed by atoms with Gasteiger partial charge in [-0.05, 0) is 77.2 Å². The molecule has 0 atom stereocenters. The van der Waals surface area contributed by atoms with E-state index in [4.69, 9.17) is 0 Å². The van der Waals surface area contributed by atoms with E-state index in [1.165, 1.54) is 64.7 Å². The van der Waals surface area contributed by atoms with Gasteiger partial charge in [0.15, 0.2) is 0 Å². The molecule has 17 heavy (non-hydrogen) atoms. The molecule has 2 rings (SSSR count). The van der Waals surface area contributed by atoms with E-state index in [1.54, 1.807) is 0 Å². The Morgan fingerprint density at radius 2 is 1.59 bits per heavy atom. The fourth-order valence-corrected chi connectivity index (χ4v) is 3.75. The van der Waals surface area contributed by atoms with Gasteiger partial charge in [0.2, 0.25) is 0 Å². The monoisotopic (exact) mass is 238 g/mol. The van der Waals surface area contributed by atoms with Crippen LogP contribution in [0.15, 0.2) is 0 Å². The van der Waals surface area contributed by atoms with Crippen LogP contribution in [0, 0.1) is 5.41 Å². The standard InChI is InChI=1S/C15H30N2/c1-4-8-17(9-5-2)14-12-15(13-14)6-10-16(3)11-7-15/h14H,4-13H2,1-3H3. The Bertz CT molecular complexity index is 217. The molecule has 100 valence electrons. The summed E-state index contributed by atoms with van der Waals surface area (Å²) in [7, 11) is 2.27. The van der Waals surface area contributed by atoms with Gasteiger partial charge in [-0.15, -0.1) is 0 Å². The summed E-state index contributed by atoms with van der Waals surface area (Å²) >= 11 is 0. The number of hydrogen-bond donors (Lipinski definition) is 0. The van der Waals surface area contributed by atoms with Crippen LogP contribution < -0.4 is 0 Å². The Morgan fingerprint density at radius 1 is 1.06 bits per heavy atom. The van der Waals surface area contributed by atoms with Crippen molar-refractivity contribution in [3.8, 4) is 0 Å². The zero-order valence-electron chi connectivity index (χ0n) is 12.0. The molecular formula is C15H30N2. The lowest BCUT2D eigenvalue weighted by Crippen LogP contribution is -2.54. The molecule has 2 nitrogen and oxygen atoms in total. The molecule has 1 heterocycles. The number of hydrogen-bond acceptors (Lipinski definition) is 2. The van der Waals surface area contributed by atoms with Gasteiger partial charge in [-0.1, -0.05) is 13.8 Å². The Hall–Kier alpha value is -0.0800. The average molecular weight is 238 g/mol. The second-order valence-electron chi connectivity index (χ2n) is 6.40. The van der Waals surface area contributed by atoms with Crippen molar-refractivity contribution in [3.63, 3.8) is 0 Å². The highest BCUT2D eigenvalue weighted by molar-refractivity contribution is 5.00. The van der Waals surface area contributed by atoms with E-state index in [1.807, 2.05) is 0 Å². The quantitative estimate of drug-likeness (QED) is 0.726. The van der Waals surface area contributed by atoms with Gasteiger partial charge >= 0.3 is 0 Å². The molecule has 0 amide bonds. The van der Waals surface area contributed by atoms with Crippen LogP contribution in [0.25, 0.3) is 0 Å². The normalized spacial score (nSPS) is 25.4. The van der Waals surface area contributed by atoms with Gasteiger partial charge in [-0.25, -0.2) is 0 Å². The Balaban J connectivity index is 1.79. The predicted octanol–water partition coefficient (Wildman–Crippen LogP) is 2.98. The number of nitrogens with zero attached hydrogens (tertiary/aromatic N) is 2. The third-order valence-electron chi connectivity index (χ3n) is 4.92. The molecule has 0 aromatic heterocycles. The second-order valence-corrected chi connectivity index (χ2v) is 6.40. The summed E-state index contributed by atoms with van der Waals surface area (Å²) < 4.78 is 0. The molecule has 2 aliphatic rings. The number of likely N-dealkylation sites (tertiary alicyclic amines) is 1. The minimum atomic E-state index is 0.747. The summed E-state index contributed by atoms with van der Waals surface area (Å²) in [4.78, 5) is 5.25. The van der Waals surface area contributed by atoms with Crippen molar-refractivity contribution in [2.45, 2.75) is 58.4 Å². The molecular weight excluding hydrogens is 208 g/mol. The molecule has 0 N–H and O–H groups in total. The zero-order valence-corrected chi connectivity index (χ0v) is 12.0. The molecule has 0 aromatic carbocycles. The Morgan fingerprint density at radius 3 is 2.06 bits per heavy atom. The van der Waals surface area contributed by atoms with Crippen LogP contribution >= 0.6 is 0 Å². The van der Waals surface area contributed by atoms with Gasteiger partial charge in [0, 0.05) is 6.04 Å². The van der Waals surface area contributed by atoms with Crippen LogP contribution in [0.5, 0.6) is 0 Å². The largest absolute Gasteiger partial charge is 0.306 e. The lowest BCUT2D eigenvalue weighted by atomic mass is 9.60. The first-order valence-corrected chi connectivity index (χ1v) is 7.62. The van der Waals surface area contributed by atoms with Gasteiger partial charge in [0.25, 0.3) is 0 Å². The molecule has 0 bridgehead atoms. The van der Waals surface area contributed by atoms with Crippen molar-refractivity contribution in [1.29, 1.82) is 0 Å². The highest BCUT2D eigenvalue weighted by atomic mass is 15.2. The van der Waals surface area contributed by atoms with Crippen molar-refractivity contribution in [2.24, 2.45) is 5.41 Å². The lowest BCUT2D eigenvalue weighted by Gasteiger charge is -2.55. The lowest BCUT2D eigenvalue weighted by molar-refractivity contribution is -0.0387. The summed E-state index contributed by atoms with van der Waals surface area (Å²) in [5.74, 6) is 0. The SMILES string of the molecule is CCCN(CCC)C1CC2(CCN(C)CC2)C1. The minimum absolute atomic E-state index is 0.747. The van der Waals surface area contributed by atoms with Crippen LogP contribution in [0.4, 0.5) is 0 Å². The van der Waals surface area contributed by atoms with Crippen LogP contribution in [0.1, 0.15) is 52.4 Å². The van der Waals surface area contributed by atoms with Gasteiger partial charge in [-0.2, -0.15) is 0 Å². The maximum atomic E-state index is 2.75. The first kappa shape index (κ1) is 13.4. The van der Waals surface area contributed by atoms with Gasteiger partial charge in [-0.3, -0.25) is 0 Å². The van der Waals surface area contributed by atoms with E-state index in [9.17, 15) is 0 Å². The molecule has 2 heteroatoms. The topological polar surface area (TPSA) is 6.48 Å². The number of piperidine rings is 1. The van der Waals surface area contributed by atoms with Crippen LogP contribution in [-0.4, -0.2) is 49.1 Å². The van der Waals surface area contributed by atoms with E-state index in [2.05, 4.69) is 30.7 Å². The highest BCUT2D eigenvalue weighted by Crippen LogP contribution is 2.50. The van der Waals surface area contributed by atoms with Crippen LogP contribution in [-0.2, 0) is 0 Å². The first-order chi connectivity index (χ1) is 8.19. The van der Waals surface area contributed by atoms with E-state index in [-0.39, 0.29) is 0 Å². The molecule has 0 unspecified atom stereocenters. The fourth-order valence-electron chi connectivity index (χ4n) is 3.75. The molecule has 1 saturated heterocycles. The van der Waals surface area contributed by atoms with Crippen LogP contribution in [0.3, 0.4) is 0 Å². The van der Waals surface area contributed by atoms with Crippen molar-refractivity contribution < 1.29 is 0 Å². The van der Waals surface area contributed by atoms with E-state index in [0.29, 0.717) is 0 Å². The molecule has 1 saturated carbocycles. The smallest absolute Gasteiger partial charge is 0.0106 e. The number of rotatable bonds is 5. The van der Waals surface area contributed by atoms with Crippen molar-refractivity contribution in [2.75, 3.05) is 33.2 Å². The molecule has 1 aliphatic heterocycles. The molecule has 1 aliphatic carbocycles. The van der Waals surface area contributed by atoms with Crippen molar-refractivity contribution >= 4 is 0 Å².